The maximum absolute atomic E-state index is 4.41. The van der Waals surface area contributed by atoms with Gasteiger partial charge in [0, 0.05) is 13.0 Å². The molecule has 1 heterocycles. The Bertz CT molecular complexity index is 319. The summed E-state index contributed by atoms with van der Waals surface area (Å²) in [6.45, 7) is 12.0. The van der Waals surface area contributed by atoms with E-state index in [1.807, 2.05) is 0 Å². The van der Waals surface area contributed by atoms with Gasteiger partial charge in [0.1, 0.15) is 12.2 Å². The molecule has 0 amide bonds. The molecule has 0 spiro atoms. The Hall–Kier alpha value is -0.900. The van der Waals surface area contributed by atoms with Gasteiger partial charge in [0.05, 0.1) is 0 Å². The molecule has 0 bridgehead atoms. The standard InChI is InChI=1S/C14H28N4/c1-5-7-15-9-13(6-2)8-14-16-11-17-18(14)10-12(3)4/h11-13,15H,5-10H2,1-4H3. The third-order valence-corrected chi connectivity index (χ3v) is 3.14. The van der Waals surface area contributed by atoms with Crippen LogP contribution in [0.25, 0.3) is 0 Å². The molecule has 1 atom stereocenters. The Labute approximate surface area is 111 Å². The van der Waals surface area contributed by atoms with Crippen molar-refractivity contribution in [2.24, 2.45) is 11.8 Å². The molecule has 0 aliphatic heterocycles. The van der Waals surface area contributed by atoms with Crippen LogP contribution in [0.2, 0.25) is 0 Å². The van der Waals surface area contributed by atoms with Gasteiger partial charge in [0.2, 0.25) is 0 Å². The Morgan fingerprint density at radius 1 is 1.33 bits per heavy atom. The lowest BCUT2D eigenvalue weighted by atomic mass is 10.0. The normalized spacial score (nSPS) is 13.2. The van der Waals surface area contributed by atoms with Crippen molar-refractivity contribution < 1.29 is 0 Å². The zero-order valence-corrected chi connectivity index (χ0v) is 12.3. The molecule has 0 aliphatic rings. The van der Waals surface area contributed by atoms with E-state index in [1.165, 1.54) is 12.8 Å². The number of nitrogens with one attached hydrogen (secondary N) is 1. The van der Waals surface area contributed by atoms with Crippen molar-refractivity contribution in [2.75, 3.05) is 13.1 Å². The van der Waals surface area contributed by atoms with Crippen LogP contribution in [0.3, 0.4) is 0 Å². The van der Waals surface area contributed by atoms with Crippen LogP contribution in [0.5, 0.6) is 0 Å². The zero-order chi connectivity index (χ0) is 13.4. The van der Waals surface area contributed by atoms with Gasteiger partial charge in [0.25, 0.3) is 0 Å². The third-order valence-electron chi connectivity index (χ3n) is 3.14. The highest BCUT2D eigenvalue weighted by atomic mass is 15.3. The average Bonchev–Trinajstić information content (AvgIpc) is 2.74. The maximum Gasteiger partial charge on any atom is 0.138 e. The molecule has 18 heavy (non-hydrogen) atoms. The quantitative estimate of drug-likeness (QED) is 0.687. The Balaban J connectivity index is 2.50. The van der Waals surface area contributed by atoms with E-state index in [0.29, 0.717) is 11.8 Å². The first-order chi connectivity index (χ1) is 8.67. The molecule has 0 aromatic carbocycles. The molecular formula is C14H28N4. The predicted molar refractivity (Wildman–Crippen MR) is 75.5 cm³/mol. The second kappa shape index (κ2) is 8.25. The molecule has 104 valence electrons. The number of aromatic nitrogens is 3. The van der Waals surface area contributed by atoms with Crippen molar-refractivity contribution in [3.8, 4) is 0 Å². The van der Waals surface area contributed by atoms with Crippen LogP contribution in [0, 0.1) is 11.8 Å². The van der Waals surface area contributed by atoms with Crippen molar-refractivity contribution in [1.82, 2.24) is 20.1 Å². The summed E-state index contributed by atoms with van der Waals surface area (Å²) in [5.74, 6) is 2.41. The number of rotatable bonds is 9. The van der Waals surface area contributed by atoms with Crippen LogP contribution in [0.4, 0.5) is 0 Å². The molecule has 1 rings (SSSR count). The van der Waals surface area contributed by atoms with Gasteiger partial charge in [-0.25, -0.2) is 9.67 Å². The van der Waals surface area contributed by atoms with Gasteiger partial charge in [-0.2, -0.15) is 5.10 Å². The first-order valence-corrected chi connectivity index (χ1v) is 7.24. The molecule has 0 saturated carbocycles. The Kier molecular flexibility index (Phi) is 6.94. The maximum atomic E-state index is 4.41. The second-order valence-electron chi connectivity index (χ2n) is 5.43. The van der Waals surface area contributed by atoms with E-state index in [9.17, 15) is 0 Å². The number of nitrogens with zero attached hydrogens (tertiary/aromatic N) is 3. The lowest BCUT2D eigenvalue weighted by molar-refractivity contribution is 0.416. The first kappa shape index (κ1) is 15.2. The van der Waals surface area contributed by atoms with Gasteiger partial charge >= 0.3 is 0 Å². The lowest BCUT2D eigenvalue weighted by Crippen LogP contribution is -2.25. The van der Waals surface area contributed by atoms with Crippen LogP contribution < -0.4 is 5.32 Å². The summed E-state index contributed by atoms with van der Waals surface area (Å²) in [5, 5.41) is 7.83. The van der Waals surface area contributed by atoms with Crippen LogP contribution in [0.1, 0.15) is 46.4 Å². The molecule has 4 nitrogen and oxygen atoms in total. The van der Waals surface area contributed by atoms with E-state index in [0.717, 1.165) is 31.9 Å². The molecule has 1 aromatic rings. The van der Waals surface area contributed by atoms with Crippen molar-refractivity contribution in [3.63, 3.8) is 0 Å². The van der Waals surface area contributed by atoms with E-state index in [-0.39, 0.29) is 0 Å². The molecular weight excluding hydrogens is 224 g/mol. The second-order valence-corrected chi connectivity index (χ2v) is 5.43. The van der Waals surface area contributed by atoms with Crippen molar-refractivity contribution >= 4 is 0 Å². The topological polar surface area (TPSA) is 42.7 Å². The van der Waals surface area contributed by atoms with E-state index in [2.05, 4.69) is 47.8 Å². The summed E-state index contributed by atoms with van der Waals surface area (Å²) in [7, 11) is 0. The van der Waals surface area contributed by atoms with Crippen LogP contribution in [-0.4, -0.2) is 27.9 Å². The number of hydrogen-bond donors (Lipinski definition) is 1. The molecule has 0 saturated heterocycles. The molecule has 1 N–H and O–H groups in total. The largest absolute Gasteiger partial charge is 0.316 e. The summed E-state index contributed by atoms with van der Waals surface area (Å²) in [6.07, 6.45) is 5.09. The summed E-state index contributed by atoms with van der Waals surface area (Å²) in [4.78, 5) is 4.41. The highest BCUT2D eigenvalue weighted by Crippen LogP contribution is 2.10. The van der Waals surface area contributed by atoms with E-state index >= 15 is 0 Å². The summed E-state index contributed by atoms with van der Waals surface area (Å²) in [5.41, 5.74) is 0. The fourth-order valence-corrected chi connectivity index (χ4v) is 2.05. The van der Waals surface area contributed by atoms with Crippen LogP contribution in [0.15, 0.2) is 6.33 Å². The van der Waals surface area contributed by atoms with Crippen LogP contribution in [-0.2, 0) is 13.0 Å². The summed E-state index contributed by atoms with van der Waals surface area (Å²) < 4.78 is 2.06. The van der Waals surface area contributed by atoms with Gasteiger partial charge in [0.15, 0.2) is 0 Å². The van der Waals surface area contributed by atoms with Gasteiger partial charge < -0.3 is 5.32 Å². The lowest BCUT2D eigenvalue weighted by Gasteiger charge is -2.16. The average molecular weight is 252 g/mol. The minimum Gasteiger partial charge on any atom is -0.316 e. The van der Waals surface area contributed by atoms with Gasteiger partial charge in [-0.3, -0.25) is 0 Å². The van der Waals surface area contributed by atoms with Crippen molar-refractivity contribution in [1.29, 1.82) is 0 Å². The van der Waals surface area contributed by atoms with Crippen LogP contribution >= 0.6 is 0 Å². The minimum absolute atomic E-state index is 0.615. The monoisotopic (exact) mass is 252 g/mol. The minimum atomic E-state index is 0.615. The molecule has 1 unspecified atom stereocenters. The molecule has 0 radical (unpaired) electrons. The molecule has 4 heteroatoms. The zero-order valence-electron chi connectivity index (χ0n) is 12.3. The van der Waals surface area contributed by atoms with Gasteiger partial charge in [-0.15, -0.1) is 0 Å². The SMILES string of the molecule is CCCNCC(CC)Cc1ncnn1CC(C)C. The van der Waals surface area contributed by atoms with Crippen molar-refractivity contribution in [3.05, 3.63) is 12.2 Å². The molecule has 0 aliphatic carbocycles. The highest BCUT2D eigenvalue weighted by molar-refractivity contribution is 4.88. The Morgan fingerprint density at radius 3 is 2.72 bits per heavy atom. The van der Waals surface area contributed by atoms with Crippen molar-refractivity contribution in [2.45, 2.75) is 53.5 Å². The Morgan fingerprint density at radius 2 is 2.11 bits per heavy atom. The highest BCUT2D eigenvalue weighted by Gasteiger charge is 2.12. The van der Waals surface area contributed by atoms with Gasteiger partial charge in [-0.05, 0) is 31.3 Å². The van der Waals surface area contributed by atoms with E-state index in [4.69, 9.17) is 0 Å². The number of hydrogen-bond acceptors (Lipinski definition) is 3. The van der Waals surface area contributed by atoms with E-state index < -0.39 is 0 Å². The molecule has 0 fully saturated rings. The third kappa shape index (κ3) is 5.17. The smallest absolute Gasteiger partial charge is 0.138 e. The predicted octanol–water partition coefficient (Wildman–Crippen LogP) is 2.50. The molecule has 1 aromatic heterocycles. The first-order valence-electron chi connectivity index (χ1n) is 7.24. The fourth-order valence-electron chi connectivity index (χ4n) is 2.05. The fraction of sp³-hybridized carbons (Fsp3) is 0.857. The van der Waals surface area contributed by atoms with E-state index in [1.54, 1.807) is 6.33 Å². The summed E-state index contributed by atoms with van der Waals surface area (Å²) in [6, 6.07) is 0. The summed E-state index contributed by atoms with van der Waals surface area (Å²) >= 11 is 0. The van der Waals surface area contributed by atoms with Gasteiger partial charge in [-0.1, -0.05) is 34.1 Å².